The van der Waals surface area contributed by atoms with Crippen molar-refractivity contribution in [2.75, 3.05) is 0 Å². The van der Waals surface area contributed by atoms with Crippen molar-refractivity contribution < 1.29 is 8.42 Å². The molecule has 3 nitrogen and oxygen atoms in total. The van der Waals surface area contributed by atoms with E-state index in [4.69, 9.17) is 0 Å². The van der Waals surface area contributed by atoms with Crippen LogP contribution in [0, 0.1) is 23.7 Å². The van der Waals surface area contributed by atoms with Crippen LogP contribution in [-0.4, -0.2) is 14.5 Å². The Hall–Kier alpha value is -0.870. The highest BCUT2D eigenvalue weighted by Crippen LogP contribution is 2.53. The smallest absolute Gasteiger partial charge is 0.212 e. The third kappa shape index (κ3) is 2.76. The van der Waals surface area contributed by atoms with Gasteiger partial charge in [-0.15, -0.1) is 0 Å². The number of benzene rings is 1. The van der Waals surface area contributed by atoms with Gasteiger partial charge in [-0.1, -0.05) is 30.3 Å². The zero-order chi connectivity index (χ0) is 14.4. The number of nitrogens with one attached hydrogen (secondary N) is 1. The summed E-state index contributed by atoms with van der Waals surface area (Å²) < 4.78 is 28.0. The summed E-state index contributed by atoms with van der Waals surface area (Å²) in [5, 5.41) is 0. The summed E-state index contributed by atoms with van der Waals surface area (Å²) >= 11 is 0. The first-order valence-corrected chi connectivity index (χ1v) is 9.78. The molecule has 4 bridgehead atoms. The zero-order valence-electron chi connectivity index (χ0n) is 12.2. The summed E-state index contributed by atoms with van der Waals surface area (Å²) in [6.45, 7) is 0. The Balaban J connectivity index is 1.48. The molecule has 4 aliphatic rings. The van der Waals surface area contributed by atoms with Gasteiger partial charge in [0.15, 0.2) is 0 Å². The maximum Gasteiger partial charge on any atom is 0.216 e. The number of rotatable bonds is 4. The molecule has 0 heterocycles. The van der Waals surface area contributed by atoms with Gasteiger partial charge in [-0.2, -0.15) is 0 Å². The molecule has 1 aromatic rings. The molecule has 0 atom stereocenters. The van der Waals surface area contributed by atoms with E-state index in [9.17, 15) is 8.42 Å². The average molecular weight is 305 g/mol. The molecule has 4 heteroatoms. The number of hydrogen-bond donors (Lipinski definition) is 1. The summed E-state index contributed by atoms with van der Waals surface area (Å²) in [6, 6.07) is 9.68. The number of sulfonamides is 1. The zero-order valence-corrected chi connectivity index (χ0v) is 13.1. The molecule has 1 aromatic carbocycles. The largest absolute Gasteiger partial charge is 0.216 e. The minimum atomic E-state index is -3.23. The van der Waals surface area contributed by atoms with Crippen LogP contribution in [0.4, 0.5) is 0 Å². The van der Waals surface area contributed by atoms with Crippen LogP contribution < -0.4 is 4.72 Å². The first-order valence-electron chi connectivity index (χ1n) is 8.13. The lowest BCUT2D eigenvalue weighted by Crippen LogP contribution is -2.55. The SMILES string of the molecule is O=S(=O)(Cc1ccccc1)NC1C2CC3CC(C2)CC1C3. The van der Waals surface area contributed by atoms with Gasteiger partial charge in [-0.05, 0) is 61.3 Å². The second kappa shape index (κ2) is 5.10. The molecule has 0 radical (unpaired) electrons. The number of hydrogen-bond acceptors (Lipinski definition) is 2. The molecule has 0 saturated heterocycles. The first kappa shape index (κ1) is 13.8. The fourth-order valence-corrected chi connectivity index (χ4v) is 6.67. The summed E-state index contributed by atoms with van der Waals surface area (Å²) in [6.07, 6.45) is 6.37. The van der Waals surface area contributed by atoms with Crippen LogP contribution >= 0.6 is 0 Å². The van der Waals surface area contributed by atoms with Gasteiger partial charge in [0.2, 0.25) is 10.0 Å². The van der Waals surface area contributed by atoms with Gasteiger partial charge in [0, 0.05) is 6.04 Å². The van der Waals surface area contributed by atoms with Gasteiger partial charge in [-0.3, -0.25) is 0 Å². The predicted octanol–water partition coefficient (Wildman–Crippen LogP) is 2.93. The van der Waals surface area contributed by atoms with Crippen LogP contribution in [0.25, 0.3) is 0 Å². The molecule has 4 fully saturated rings. The highest BCUT2D eigenvalue weighted by molar-refractivity contribution is 7.88. The van der Waals surface area contributed by atoms with Crippen LogP contribution in [0.2, 0.25) is 0 Å². The molecule has 0 spiro atoms. The van der Waals surface area contributed by atoms with E-state index in [-0.39, 0.29) is 11.8 Å². The van der Waals surface area contributed by atoms with Gasteiger partial charge >= 0.3 is 0 Å². The van der Waals surface area contributed by atoms with Crippen LogP contribution in [0.5, 0.6) is 0 Å². The van der Waals surface area contributed by atoms with E-state index in [2.05, 4.69) is 4.72 Å². The standard InChI is InChI=1S/C17H23NO2S/c19-21(20,11-12-4-2-1-3-5-12)18-17-15-7-13-6-14(9-15)10-16(17)8-13/h1-5,13-18H,6-11H2. The van der Waals surface area contributed by atoms with Crippen molar-refractivity contribution in [1.29, 1.82) is 0 Å². The Morgan fingerprint density at radius 3 is 2.05 bits per heavy atom. The van der Waals surface area contributed by atoms with E-state index >= 15 is 0 Å². The minimum Gasteiger partial charge on any atom is -0.212 e. The summed E-state index contributed by atoms with van der Waals surface area (Å²) in [5.41, 5.74) is 0.869. The normalized spacial score (nSPS) is 37.8. The summed E-state index contributed by atoms with van der Waals surface area (Å²) in [7, 11) is -3.23. The Morgan fingerprint density at radius 1 is 0.905 bits per heavy atom. The van der Waals surface area contributed by atoms with E-state index in [1.165, 1.54) is 32.1 Å². The molecule has 4 aliphatic carbocycles. The summed E-state index contributed by atoms with van der Waals surface area (Å²) in [4.78, 5) is 0. The molecule has 1 N–H and O–H groups in total. The lowest BCUT2D eigenvalue weighted by Gasteiger charge is -2.54. The fraction of sp³-hybridized carbons (Fsp3) is 0.647. The first-order chi connectivity index (χ1) is 10.1. The molecule has 4 saturated carbocycles. The minimum absolute atomic E-state index is 0.108. The second-order valence-corrected chi connectivity index (χ2v) is 9.07. The fourth-order valence-electron chi connectivity index (χ4n) is 5.16. The van der Waals surface area contributed by atoms with Gasteiger partial charge in [0.1, 0.15) is 0 Å². The van der Waals surface area contributed by atoms with Crippen molar-refractivity contribution in [2.45, 2.75) is 43.9 Å². The van der Waals surface area contributed by atoms with Crippen molar-refractivity contribution >= 4 is 10.0 Å². The Labute approximate surface area is 127 Å². The van der Waals surface area contributed by atoms with E-state index in [0.717, 1.165) is 17.4 Å². The van der Waals surface area contributed by atoms with E-state index in [1.54, 1.807) is 0 Å². The van der Waals surface area contributed by atoms with Crippen molar-refractivity contribution in [1.82, 2.24) is 4.72 Å². The Morgan fingerprint density at radius 2 is 1.48 bits per heavy atom. The predicted molar refractivity (Wildman–Crippen MR) is 83.0 cm³/mol. The topological polar surface area (TPSA) is 46.2 Å². The summed E-state index contributed by atoms with van der Waals surface area (Å²) in [5.74, 6) is 3.04. The average Bonchev–Trinajstić information content (AvgIpc) is 2.43. The van der Waals surface area contributed by atoms with E-state index < -0.39 is 10.0 Å². The molecular weight excluding hydrogens is 282 g/mol. The van der Waals surface area contributed by atoms with Crippen molar-refractivity contribution in [3.05, 3.63) is 35.9 Å². The highest BCUT2D eigenvalue weighted by atomic mass is 32.2. The molecule has 0 aliphatic heterocycles. The molecule has 0 unspecified atom stereocenters. The molecule has 114 valence electrons. The maximum atomic E-state index is 12.5. The quantitative estimate of drug-likeness (QED) is 0.929. The van der Waals surface area contributed by atoms with Gasteiger partial charge < -0.3 is 0 Å². The van der Waals surface area contributed by atoms with Crippen molar-refractivity contribution in [2.24, 2.45) is 23.7 Å². The van der Waals surface area contributed by atoms with Crippen LogP contribution in [-0.2, 0) is 15.8 Å². The molecule has 5 rings (SSSR count). The second-order valence-electron chi connectivity index (χ2n) is 7.32. The Bertz CT molecular complexity index is 583. The van der Waals surface area contributed by atoms with Gasteiger partial charge in [0.25, 0.3) is 0 Å². The van der Waals surface area contributed by atoms with E-state index in [0.29, 0.717) is 11.8 Å². The third-order valence-electron chi connectivity index (χ3n) is 5.74. The molecule has 21 heavy (non-hydrogen) atoms. The third-order valence-corrected chi connectivity index (χ3v) is 7.09. The lowest BCUT2D eigenvalue weighted by molar-refractivity contribution is -0.00559. The van der Waals surface area contributed by atoms with Crippen LogP contribution in [0.1, 0.15) is 37.7 Å². The Kier molecular flexibility index (Phi) is 3.34. The van der Waals surface area contributed by atoms with Crippen LogP contribution in [0.3, 0.4) is 0 Å². The van der Waals surface area contributed by atoms with Crippen molar-refractivity contribution in [3.8, 4) is 0 Å². The van der Waals surface area contributed by atoms with E-state index in [1.807, 2.05) is 30.3 Å². The molecular formula is C17H23NO2S. The van der Waals surface area contributed by atoms with Crippen LogP contribution in [0.15, 0.2) is 30.3 Å². The molecule has 0 aromatic heterocycles. The monoisotopic (exact) mass is 305 g/mol. The van der Waals surface area contributed by atoms with Gasteiger partial charge in [-0.25, -0.2) is 13.1 Å². The molecule has 0 amide bonds. The highest BCUT2D eigenvalue weighted by Gasteiger charge is 2.49. The maximum absolute atomic E-state index is 12.5. The van der Waals surface area contributed by atoms with Gasteiger partial charge in [0.05, 0.1) is 5.75 Å². The lowest BCUT2D eigenvalue weighted by atomic mass is 9.54. The van der Waals surface area contributed by atoms with Crippen molar-refractivity contribution in [3.63, 3.8) is 0 Å².